The van der Waals surface area contributed by atoms with E-state index in [1.165, 1.54) is 10.4 Å². The third-order valence-electron chi connectivity index (χ3n) is 6.41. The van der Waals surface area contributed by atoms with Gasteiger partial charge in [-0.2, -0.15) is 4.31 Å². The van der Waals surface area contributed by atoms with Crippen LogP contribution >= 0.6 is 0 Å². The largest absolute Gasteiger partial charge is 0.444 e. The Bertz CT molecular complexity index is 1120. The predicted molar refractivity (Wildman–Crippen MR) is 129 cm³/mol. The molecule has 2 aromatic rings. The molecule has 2 aromatic carbocycles. The first kappa shape index (κ1) is 24.2. The van der Waals surface area contributed by atoms with Crippen LogP contribution in [0.1, 0.15) is 60.6 Å². The molecule has 0 bridgehead atoms. The van der Waals surface area contributed by atoms with E-state index in [9.17, 15) is 18.0 Å². The number of anilines is 1. The number of hydrogen-bond donors (Lipinski definition) is 1. The van der Waals surface area contributed by atoms with E-state index in [1.807, 2.05) is 0 Å². The van der Waals surface area contributed by atoms with Crippen molar-refractivity contribution >= 4 is 27.6 Å². The van der Waals surface area contributed by atoms with Gasteiger partial charge in [-0.3, -0.25) is 4.79 Å². The van der Waals surface area contributed by atoms with E-state index < -0.39 is 28.0 Å². The van der Waals surface area contributed by atoms with Crippen molar-refractivity contribution in [2.75, 3.05) is 31.1 Å². The van der Waals surface area contributed by atoms with E-state index >= 15 is 0 Å². The molecule has 182 valence electrons. The monoisotopic (exact) mass is 485 g/mol. The first-order valence-electron chi connectivity index (χ1n) is 11.8. The highest BCUT2D eigenvalue weighted by Crippen LogP contribution is 2.33. The first-order valence-corrected chi connectivity index (χ1v) is 13.3. The minimum absolute atomic E-state index is 0.0681. The maximum Gasteiger partial charge on any atom is 0.339 e. The molecular weight excluding hydrogens is 454 g/mol. The van der Waals surface area contributed by atoms with Crippen LogP contribution in [0.2, 0.25) is 0 Å². The first-order chi connectivity index (χ1) is 16.4. The average Bonchev–Trinajstić information content (AvgIpc) is 2.88. The van der Waals surface area contributed by atoms with Crippen LogP contribution in [0.15, 0.2) is 53.4 Å². The fourth-order valence-electron chi connectivity index (χ4n) is 4.58. The van der Waals surface area contributed by atoms with Crippen LogP contribution in [-0.2, 0) is 19.6 Å². The van der Waals surface area contributed by atoms with Crippen LogP contribution in [0.3, 0.4) is 0 Å². The Labute approximate surface area is 200 Å². The van der Waals surface area contributed by atoms with Crippen molar-refractivity contribution < 1.29 is 22.7 Å². The Morgan fingerprint density at radius 1 is 0.853 bits per heavy atom. The summed E-state index contributed by atoms with van der Waals surface area (Å²) in [5, 5.41) is 0. The summed E-state index contributed by atoms with van der Waals surface area (Å²) in [7, 11) is -3.80. The average molecular weight is 486 g/mol. The number of primary amides is 1. The number of sulfonamides is 1. The van der Waals surface area contributed by atoms with Crippen LogP contribution in [-0.4, -0.2) is 50.8 Å². The van der Waals surface area contributed by atoms with E-state index in [0.29, 0.717) is 24.3 Å². The molecule has 0 radical (unpaired) electrons. The zero-order valence-corrected chi connectivity index (χ0v) is 20.0. The van der Waals surface area contributed by atoms with Crippen LogP contribution in [0.5, 0.6) is 0 Å². The molecule has 2 saturated heterocycles. The Hall–Kier alpha value is -2.91. The molecule has 0 aliphatic carbocycles. The molecule has 8 nitrogen and oxygen atoms in total. The summed E-state index contributed by atoms with van der Waals surface area (Å²) < 4.78 is 34.3. The fourth-order valence-corrected chi connectivity index (χ4v) is 6.34. The zero-order valence-electron chi connectivity index (χ0n) is 19.2. The van der Waals surface area contributed by atoms with E-state index in [-0.39, 0.29) is 10.5 Å². The molecule has 2 N–H and O–H groups in total. The van der Waals surface area contributed by atoms with Gasteiger partial charge in [0.2, 0.25) is 16.1 Å². The minimum Gasteiger partial charge on any atom is -0.444 e. The molecule has 2 aliphatic rings. The molecule has 0 aromatic heterocycles. The van der Waals surface area contributed by atoms with E-state index in [0.717, 1.165) is 51.6 Å². The van der Waals surface area contributed by atoms with Gasteiger partial charge in [-0.05, 0) is 50.3 Å². The van der Waals surface area contributed by atoms with Gasteiger partial charge in [0.15, 0.2) is 0 Å². The number of nitrogens with two attached hydrogens (primary N) is 1. The number of amides is 1. The van der Waals surface area contributed by atoms with E-state index in [1.54, 1.807) is 42.5 Å². The third-order valence-corrected chi connectivity index (χ3v) is 8.34. The van der Waals surface area contributed by atoms with Gasteiger partial charge in [0.05, 0.1) is 11.3 Å². The lowest BCUT2D eigenvalue weighted by molar-refractivity contribution is -0.127. The van der Waals surface area contributed by atoms with Crippen LogP contribution in [0.25, 0.3) is 0 Å². The highest BCUT2D eigenvalue weighted by Gasteiger charge is 2.32. The van der Waals surface area contributed by atoms with Gasteiger partial charge in [0, 0.05) is 31.7 Å². The summed E-state index contributed by atoms with van der Waals surface area (Å²) in [5.74, 6) is -1.60. The zero-order chi connectivity index (χ0) is 24.1. The van der Waals surface area contributed by atoms with Crippen molar-refractivity contribution in [3.8, 4) is 0 Å². The van der Waals surface area contributed by atoms with Crippen molar-refractivity contribution in [1.82, 2.24) is 4.31 Å². The highest BCUT2D eigenvalue weighted by atomic mass is 32.2. The molecule has 2 aliphatic heterocycles. The number of ether oxygens (including phenoxy) is 1. The molecule has 4 rings (SSSR count). The third kappa shape index (κ3) is 5.26. The number of piperidine rings is 2. The number of rotatable bonds is 7. The molecular formula is C25H31N3O5S. The summed E-state index contributed by atoms with van der Waals surface area (Å²) in [5.41, 5.74) is 6.62. The van der Waals surface area contributed by atoms with Crippen LogP contribution in [0.4, 0.5) is 5.69 Å². The molecule has 1 unspecified atom stereocenters. The standard InChI is InChI=1S/C25H31N3O5S/c26-24(29)23(19-10-4-1-5-11-19)33-25(30)20-12-13-21(27-14-6-2-7-15-27)22(18-20)34(31,32)28-16-8-3-9-17-28/h1,4-5,10-13,18,23H,2-3,6-9,14-17H2,(H2,26,29). The van der Waals surface area contributed by atoms with Gasteiger partial charge < -0.3 is 15.4 Å². The quantitative estimate of drug-likeness (QED) is 0.603. The summed E-state index contributed by atoms with van der Waals surface area (Å²) in [6.07, 6.45) is 4.47. The van der Waals surface area contributed by atoms with Crippen molar-refractivity contribution in [2.45, 2.75) is 49.5 Å². The summed E-state index contributed by atoms with van der Waals surface area (Å²) >= 11 is 0. The molecule has 2 heterocycles. The molecule has 0 spiro atoms. The second-order valence-electron chi connectivity index (χ2n) is 8.79. The van der Waals surface area contributed by atoms with Crippen LogP contribution in [0, 0.1) is 0 Å². The number of hydrogen-bond acceptors (Lipinski definition) is 6. The number of benzene rings is 2. The van der Waals surface area contributed by atoms with Crippen molar-refractivity contribution in [1.29, 1.82) is 0 Å². The molecule has 0 saturated carbocycles. The Kier molecular flexibility index (Phi) is 7.53. The fraction of sp³-hybridized carbons (Fsp3) is 0.440. The van der Waals surface area contributed by atoms with E-state index in [2.05, 4.69) is 4.90 Å². The highest BCUT2D eigenvalue weighted by molar-refractivity contribution is 7.89. The maximum atomic E-state index is 13.7. The summed E-state index contributed by atoms with van der Waals surface area (Å²) in [4.78, 5) is 27.2. The maximum absolute atomic E-state index is 13.7. The Balaban J connectivity index is 1.69. The topological polar surface area (TPSA) is 110 Å². The van der Waals surface area contributed by atoms with Crippen molar-refractivity contribution in [2.24, 2.45) is 5.73 Å². The SMILES string of the molecule is NC(=O)C(OC(=O)c1ccc(N2CCCCC2)c(S(=O)(=O)N2CCCCC2)c1)c1ccccc1. The number of nitrogens with zero attached hydrogens (tertiary/aromatic N) is 2. The molecule has 1 amide bonds. The smallest absolute Gasteiger partial charge is 0.339 e. The number of carbonyl (C=O) groups is 2. The second-order valence-corrected chi connectivity index (χ2v) is 10.7. The van der Waals surface area contributed by atoms with Gasteiger partial charge in [-0.15, -0.1) is 0 Å². The summed E-state index contributed by atoms with van der Waals surface area (Å²) in [6, 6.07) is 13.1. The van der Waals surface area contributed by atoms with Gasteiger partial charge in [-0.1, -0.05) is 36.8 Å². The lowest BCUT2D eigenvalue weighted by atomic mass is 10.1. The van der Waals surface area contributed by atoms with Gasteiger partial charge in [0.1, 0.15) is 4.90 Å². The molecule has 2 fully saturated rings. The minimum atomic E-state index is -3.80. The number of carbonyl (C=O) groups excluding carboxylic acids is 2. The van der Waals surface area contributed by atoms with Gasteiger partial charge >= 0.3 is 5.97 Å². The summed E-state index contributed by atoms with van der Waals surface area (Å²) in [6.45, 7) is 2.47. The Morgan fingerprint density at radius 2 is 1.47 bits per heavy atom. The lowest BCUT2D eigenvalue weighted by Gasteiger charge is -2.33. The predicted octanol–water partition coefficient (Wildman–Crippen LogP) is 3.23. The second kappa shape index (κ2) is 10.6. The molecule has 1 atom stereocenters. The van der Waals surface area contributed by atoms with Gasteiger partial charge in [-0.25, -0.2) is 13.2 Å². The van der Waals surface area contributed by atoms with Gasteiger partial charge in [0.25, 0.3) is 5.91 Å². The van der Waals surface area contributed by atoms with Crippen LogP contribution < -0.4 is 10.6 Å². The van der Waals surface area contributed by atoms with Crippen molar-refractivity contribution in [3.63, 3.8) is 0 Å². The lowest BCUT2D eigenvalue weighted by Crippen LogP contribution is -2.37. The Morgan fingerprint density at radius 3 is 2.09 bits per heavy atom. The number of esters is 1. The van der Waals surface area contributed by atoms with E-state index in [4.69, 9.17) is 10.5 Å². The molecule has 9 heteroatoms. The molecule has 34 heavy (non-hydrogen) atoms. The van der Waals surface area contributed by atoms with Crippen molar-refractivity contribution in [3.05, 3.63) is 59.7 Å². The normalized spacial score (nSPS) is 18.3.